The summed E-state index contributed by atoms with van der Waals surface area (Å²) < 4.78 is 32.1. The third kappa shape index (κ3) is 3.91. The number of phenols is 1. The maximum Gasteiger partial charge on any atom is 0.272 e. The number of amides is 2. The summed E-state index contributed by atoms with van der Waals surface area (Å²) in [6.07, 6.45) is 0.315. The monoisotopic (exact) mass is 605 g/mol. The number of likely N-dealkylation sites (tertiary alicyclic amines) is 1. The predicted octanol–water partition coefficient (Wildman–Crippen LogP) is 0.233. The van der Waals surface area contributed by atoms with Gasteiger partial charge < -0.3 is 41.1 Å². The number of rotatable bonds is 6. The first kappa shape index (κ1) is 29.3. The Kier molecular flexibility index (Phi) is 6.20. The van der Waals surface area contributed by atoms with Gasteiger partial charge in [0.25, 0.3) is 11.8 Å². The van der Waals surface area contributed by atoms with Crippen LogP contribution in [0, 0.1) is 11.8 Å². The molecule has 43 heavy (non-hydrogen) atoms. The van der Waals surface area contributed by atoms with Crippen LogP contribution in [0.2, 0.25) is 0 Å². The molecule has 2 aliphatic heterocycles. The fraction of sp³-hybridized carbons (Fsp3) is 0.536. The molecule has 0 aromatic heterocycles. The second kappa shape index (κ2) is 9.11. The van der Waals surface area contributed by atoms with Crippen molar-refractivity contribution in [3.63, 3.8) is 0 Å². The van der Waals surface area contributed by atoms with E-state index in [2.05, 4.69) is 5.32 Å². The second-order valence-corrected chi connectivity index (χ2v) is 12.4. The van der Waals surface area contributed by atoms with E-state index in [9.17, 15) is 43.6 Å². The van der Waals surface area contributed by atoms with Crippen LogP contribution in [-0.4, -0.2) is 119 Å². The van der Waals surface area contributed by atoms with Crippen LogP contribution < -0.4 is 16.0 Å². The van der Waals surface area contributed by atoms with E-state index in [1.54, 1.807) is 38.0 Å². The normalized spacial score (nSPS) is 32.4. The maximum atomic E-state index is 14.1. The average Bonchev–Trinajstić information content (AvgIpc) is 3.49. The summed E-state index contributed by atoms with van der Waals surface area (Å²) in [6.45, 7) is -1.48. The van der Waals surface area contributed by atoms with E-state index in [4.69, 9.17) is 10.5 Å². The van der Waals surface area contributed by atoms with E-state index >= 15 is 0 Å². The molecule has 13 nitrogen and oxygen atoms in total. The summed E-state index contributed by atoms with van der Waals surface area (Å²) in [5.41, 5.74) is 3.46. The molecular weight excluding hydrogens is 572 g/mol. The van der Waals surface area contributed by atoms with E-state index in [0.717, 1.165) is 0 Å². The lowest BCUT2D eigenvalue weighted by molar-refractivity contribution is -0.141. The van der Waals surface area contributed by atoms with Crippen molar-refractivity contribution >= 4 is 29.0 Å². The number of hydrogen-bond donors (Lipinski definition) is 6. The molecule has 232 valence electrons. The molecule has 2 amide bonds. The maximum absolute atomic E-state index is 14.1. The highest BCUT2D eigenvalue weighted by Gasteiger charge is 2.84. The zero-order valence-corrected chi connectivity index (χ0v) is 23.9. The van der Waals surface area contributed by atoms with Gasteiger partial charge in [-0.15, -0.1) is 0 Å². The Bertz CT molecular complexity index is 1550. The Hall–Kier alpha value is -3.79. The average molecular weight is 606 g/mol. The molecule has 6 rings (SSSR count). The number of halogens is 2. The second-order valence-electron chi connectivity index (χ2n) is 12.4. The van der Waals surface area contributed by atoms with E-state index < -0.39 is 88.7 Å². The fourth-order valence-corrected chi connectivity index (χ4v) is 7.52. The number of nitrogens with one attached hydrogen (secondary N) is 1. The van der Waals surface area contributed by atoms with Gasteiger partial charge in [-0.3, -0.25) is 24.2 Å². The summed E-state index contributed by atoms with van der Waals surface area (Å²) >= 11 is 0. The number of epoxide rings is 1. The first-order chi connectivity index (χ1) is 19.9. The van der Waals surface area contributed by atoms with E-state index in [1.165, 1.54) is 11.0 Å². The van der Waals surface area contributed by atoms with Crippen LogP contribution in [0.5, 0.6) is 5.75 Å². The number of ether oxygens (including phenoxy) is 1. The number of phenolic OH excluding ortho intramolecular Hbond substituents is 1. The van der Waals surface area contributed by atoms with Crippen molar-refractivity contribution in [1.82, 2.24) is 9.80 Å². The number of benzene rings is 1. The van der Waals surface area contributed by atoms with Crippen molar-refractivity contribution in [2.45, 2.75) is 36.2 Å². The van der Waals surface area contributed by atoms with Gasteiger partial charge in [0, 0.05) is 31.3 Å². The summed E-state index contributed by atoms with van der Waals surface area (Å²) in [7, 11) is 6.70. The molecule has 5 aliphatic rings. The van der Waals surface area contributed by atoms with Gasteiger partial charge in [0.05, 0.1) is 36.9 Å². The number of likely N-dealkylation sites (N-methyl/N-ethyl adjacent to an activating group) is 1. The molecule has 1 aromatic carbocycles. The Balaban J connectivity index is 1.43. The van der Waals surface area contributed by atoms with Gasteiger partial charge in [0.1, 0.15) is 17.1 Å². The number of anilines is 2. The molecule has 7 N–H and O–H groups in total. The van der Waals surface area contributed by atoms with Crippen LogP contribution in [0.4, 0.5) is 20.2 Å². The third-order valence-electron chi connectivity index (χ3n) is 9.24. The Labute approximate surface area is 244 Å². The lowest BCUT2D eigenvalue weighted by Crippen LogP contribution is -2.58. The quantitative estimate of drug-likeness (QED) is 0.192. The van der Waals surface area contributed by atoms with Gasteiger partial charge in [-0.1, -0.05) is 0 Å². The number of aromatic hydroxyl groups is 1. The van der Waals surface area contributed by atoms with Crippen molar-refractivity contribution in [2.24, 2.45) is 17.6 Å². The molecule has 0 radical (unpaired) electrons. The van der Waals surface area contributed by atoms with Crippen molar-refractivity contribution in [1.29, 1.82) is 0 Å². The van der Waals surface area contributed by atoms with Gasteiger partial charge in [0.15, 0.2) is 17.1 Å². The number of hydrogen-bond acceptors (Lipinski definition) is 11. The minimum atomic E-state index is -2.86. The van der Waals surface area contributed by atoms with Crippen molar-refractivity contribution in [2.75, 3.05) is 58.0 Å². The zero-order valence-electron chi connectivity index (χ0n) is 23.9. The van der Waals surface area contributed by atoms with Gasteiger partial charge in [-0.05, 0) is 44.5 Å². The Morgan fingerprint density at radius 1 is 1.19 bits per heavy atom. The summed E-state index contributed by atoms with van der Waals surface area (Å²) in [4.78, 5) is 43.7. The van der Waals surface area contributed by atoms with Crippen LogP contribution in [0.1, 0.15) is 22.3 Å². The smallest absolute Gasteiger partial charge is 0.272 e. The molecule has 0 bridgehead atoms. The minimum Gasteiger partial charge on any atom is -0.510 e. The van der Waals surface area contributed by atoms with Gasteiger partial charge in [-0.2, -0.15) is 0 Å². The molecule has 2 heterocycles. The van der Waals surface area contributed by atoms with E-state index in [1.807, 2.05) is 0 Å². The highest BCUT2D eigenvalue weighted by molar-refractivity contribution is 6.16. The van der Waals surface area contributed by atoms with Crippen LogP contribution in [0.15, 0.2) is 28.7 Å². The molecule has 1 aromatic rings. The number of carbonyl (C=O) groups excluding carboxylic acids is 3. The topological polar surface area (TPSA) is 192 Å². The first-order valence-corrected chi connectivity index (χ1v) is 13.7. The van der Waals surface area contributed by atoms with Crippen molar-refractivity contribution in [3.8, 4) is 5.75 Å². The van der Waals surface area contributed by atoms with Crippen LogP contribution in [0.25, 0.3) is 0 Å². The Morgan fingerprint density at radius 3 is 2.40 bits per heavy atom. The number of ketones is 1. The standard InChI is InChI=1S/C28H33F2N5O8/c1-33(2)15-7-14(32-16(36)8-35-9-26(29,30)10-35)21(37)18-12(15)5-11-6-13-20(34(3)4)23(39)19(25(31)41)28(42)27(13,43-28)24(40)17(11)22(18)38/h7,11,13,20,37,39-40,42H,5-6,8-10H2,1-4H3,(H2,31,41)(H,32,36)/t11-,13-,20-,27?,28?/m0/s1. The summed E-state index contributed by atoms with van der Waals surface area (Å²) in [6, 6.07) is 0.596. The highest BCUT2D eigenvalue weighted by Crippen LogP contribution is 2.68. The molecule has 2 unspecified atom stereocenters. The molecule has 2 saturated heterocycles. The van der Waals surface area contributed by atoms with Crippen LogP contribution >= 0.6 is 0 Å². The van der Waals surface area contributed by atoms with E-state index in [-0.39, 0.29) is 36.2 Å². The first-order valence-electron chi connectivity index (χ1n) is 13.7. The lowest BCUT2D eigenvalue weighted by atomic mass is 9.60. The molecule has 0 saturated carbocycles. The molecular formula is C28H33F2N5O8. The number of nitrogens with two attached hydrogens (primary N) is 1. The molecule has 1 spiro atoms. The number of carbonyl (C=O) groups is 3. The lowest BCUT2D eigenvalue weighted by Gasteiger charge is -2.46. The number of aliphatic hydroxyl groups excluding tert-OH is 2. The highest BCUT2D eigenvalue weighted by atomic mass is 19.3. The number of nitrogens with zero attached hydrogens (tertiary/aromatic N) is 3. The van der Waals surface area contributed by atoms with Gasteiger partial charge >= 0.3 is 0 Å². The molecule has 5 atom stereocenters. The van der Waals surface area contributed by atoms with Gasteiger partial charge in [0.2, 0.25) is 11.7 Å². The summed E-state index contributed by atoms with van der Waals surface area (Å²) in [5.74, 6) is -11.0. The number of Topliss-reactive ketones (excluding diaryl/α,β-unsaturated/α-hetero) is 1. The van der Waals surface area contributed by atoms with Crippen LogP contribution in [0.3, 0.4) is 0 Å². The molecule has 2 fully saturated rings. The van der Waals surface area contributed by atoms with Crippen molar-refractivity contribution < 1.29 is 48.3 Å². The Morgan fingerprint density at radius 2 is 1.84 bits per heavy atom. The van der Waals surface area contributed by atoms with Crippen LogP contribution in [-0.2, 0) is 20.7 Å². The largest absolute Gasteiger partial charge is 0.510 e. The van der Waals surface area contributed by atoms with E-state index in [0.29, 0.717) is 11.3 Å². The molecule has 3 aliphatic carbocycles. The summed E-state index contributed by atoms with van der Waals surface area (Å²) in [5, 5.41) is 47.9. The number of aliphatic hydroxyl groups is 3. The number of fused-ring (bicyclic) bond motifs is 2. The molecule has 15 heteroatoms. The number of primary amides is 1. The zero-order chi connectivity index (χ0) is 31.5. The predicted molar refractivity (Wildman–Crippen MR) is 147 cm³/mol. The minimum absolute atomic E-state index is 0.119. The number of allylic oxidation sites excluding steroid dienone is 1. The number of alkyl halides is 2. The van der Waals surface area contributed by atoms with Crippen molar-refractivity contribution in [3.05, 3.63) is 39.9 Å². The third-order valence-corrected chi connectivity index (χ3v) is 9.24. The van der Waals surface area contributed by atoms with Gasteiger partial charge in [-0.25, -0.2) is 8.78 Å². The fourth-order valence-electron chi connectivity index (χ4n) is 7.52. The SMILES string of the molecule is CN(C)c1cc(NC(=O)CN2CC(F)(F)C2)c(O)c2c1C[C@H]1C[C@H]3[C@H](N(C)C)C(O)=C(C(N)=O)C4(O)OC34C(O)=C1C2=O.